The first-order valence-corrected chi connectivity index (χ1v) is 9.77. The van der Waals surface area contributed by atoms with E-state index in [1.807, 2.05) is 6.07 Å². The van der Waals surface area contributed by atoms with E-state index in [1.54, 1.807) is 42.0 Å². The first kappa shape index (κ1) is 17.7. The topological polar surface area (TPSA) is 54.6 Å². The van der Waals surface area contributed by atoms with Crippen LogP contribution in [0, 0.1) is 5.82 Å². The number of carbonyl (C=O) groups is 1. The monoisotopic (exact) mass is 382 g/mol. The van der Waals surface area contributed by atoms with Crippen LogP contribution in [0.4, 0.5) is 9.39 Å². The molecule has 0 bridgehead atoms. The summed E-state index contributed by atoms with van der Waals surface area (Å²) in [6.07, 6.45) is 7.29. The van der Waals surface area contributed by atoms with Crippen LogP contribution < -0.4 is 5.32 Å². The van der Waals surface area contributed by atoms with E-state index >= 15 is 0 Å². The maximum absolute atomic E-state index is 13.4. The van der Waals surface area contributed by atoms with E-state index in [0.717, 1.165) is 31.2 Å². The van der Waals surface area contributed by atoms with Gasteiger partial charge in [0.05, 0.1) is 18.4 Å². The van der Waals surface area contributed by atoms with Gasteiger partial charge < -0.3 is 9.73 Å². The van der Waals surface area contributed by atoms with Crippen molar-refractivity contribution in [1.29, 1.82) is 0 Å². The lowest BCUT2D eigenvalue weighted by molar-refractivity contribution is 0.0948. The lowest BCUT2D eigenvalue weighted by Crippen LogP contribution is -2.23. The number of benzene rings is 1. The Balaban J connectivity index is 1.62. The molecule has 1 aliphatic rings. The van der Waals surface area contributed by atoms with Crippen molar-refractivity contribution < 1.29 is 13.6 Å². The molecule has 0 atom stereocenters. The molecule has 4 rings (SSSR count). The molecule has 2 heterocycles. The van der Waals surface area contributed by atoms with Crippen LogP contribution in [0.5, 0.6) is 0 Å². The number of rotatable bonds is 5. The van der Waals surface area contributed by atoms with Crippen LogP contribution in [0.1, 0.15) is 45.0 Å². The van der Waals surface area contributed by atoms with Crippen LogP contribution in [-0.4, -0.2) is 12.1 Å². The molecule has 138 valence electrons. The molecule has 0 unspecified atom stereocenters. The highest BCUT2D eigenvalue weighted by Crippen LogP contribution is 2.39. The summed E-state index contributed by atoms with van der Waals surface area (Å²) >= 11 is 1.56. The maximum Gasteiger partial charge on any atom is 0.255 e. The van der Waals surface area contributed by atoms with Gasteiger partial charge in [0.15, 0.2) is 0 Å². The van der Waals surface area contributed by atoms with Gasteiger partial charge >= 0.3 is 0 Å². The Bertz CT molecular complexity index is 976. The smallest absolute Gasteiger partial charge is 0.255 e. The fourth-order valence-electron chi connectivity index (χ4n) is 3.27. The van der Waals surface area contributed by atoms with Crippen molar-refractivity contribution in [2.75, 3.05) is 0 Å². The summed E-state index contributed by atoms with van der Waals surface area (Å²) in [6.45, 7) is 0.337. The highest BCUT2D eigenvalue weighted by Gasteiger charge is 2.25. The van der Waals surface area contributed by atoms with Crippen molar-refractivity contribution in [3.8, 4) is 0 Å². The van der Waals surface area contributed by atoms with E-state index in [2.05, 4.69) is 10.3 Å². The van der Waals surface area contributed by atoms with Gasteiger partial charge in [-0.3, -0.25) is 4.79 Å². The van der Waals surface area contributed by atoms with Gasteiger partial charge in [-0.1, -0.05) is 12.1 Å². The van der Waals surface area contributed by atoms with Gasteiger partial charge in [-0.25, -0.2) is 9.38 Å². The maximum atomic E-state index is 13.4. The first-order valence-electron chi connectivity index (χ1n) is 8.95. The minimum absolute atomic E-state index is 0.141. The number of halogens is 1. The zero-order chi connectivity index (χ0) is 18.6. The van der Waals surface area contributed by atoms with Crippen LogP contribution in [0.25, 0.3) is 0 Å². The van der Waals surface area contributed by atoms with Gasteiger partial charge in [0.1, 0.15) is 16.6 Å². The number of aryl methyl sites for hydroxylation is 1. The molecule has 0 spiro atoms. The zero-order valence-corrected chi connectivity index (χ0v) is 15.5. The number of thiophene rings is 1. The average molecular weight is 382 g/mol. The fraction of sp³-hybridized carbons (Fsp3) is 0.238. The Hall–Kier alpha value is -2.73. The highest BCUT2D eigenvalue weighted by atomic mass is 32.1. The third-order valence-electron chi connectivity index (χ3n) is 4.56. The van der Waals surface area contributed by atoms with Crippen LogP contribution >= 0.6 is 11.3 Å². The quantitative estimate of drug-likeness (QED) is 0.629. The van der Waals surface area contributed by atoms with Crippen molar-refractivity contribution in [3.05, 3.63) is 75.8 Å². The number of hydrogen-bond donors (Lipinski definition) is 1. The number of aliphatic imine (C=N–C) groups is 1. The molecule has 2 aromatic heterocycles. The Labute approximate surface area is 160 Å². The van der Waals surface area contributed by atoms with Gasteiger partial charge in [0, 0.05) is 11.1 Å². The second kappa shape index (κ2) is 7.88. The molecule has 0 radical (unpaired) electrons. The summed E-state index contributed by atoms with van der Waals surface area (Å²) in [5, 5.41) is 3.61. The second-order valence-electron chi connectivity index (χ2n) is 6.47. The molecule has 1 aliphatic carbocycles. The number of hydrogen-bond acceptors (Lipinski definition) is 4. The van der Waals surface area contributed by atoms with E-state index in [4.69, 9.17) is 4.42 Å². The lowest BCUT2D eigenvalue weighted by Gasteiger charge is -2.12. The van der Waals surface area contributed by atoms with Crippen LogP contribution in [0.15, 0.2) is 52.1 Å². The van der Waals surface area contributed by atoms with Crippen LogP contribution in [-0.2, 0) is 19.4 Å². The van der Waals surface area contributed by atoms with Crippen molar-refractivity contribution in [2.24, 2.45) is 4.99 Å². The molecule has 0 fully saturated rings. The lowest BCUT2D eigenvalue weighted by atomic mass is 9.95. The molecule has 1 amide bonds. The normalized spacial score (nSPS) is 13.7. The Kier molecular flexibility index (Phi) is 5.16. The van der Waals surface area contributed by atoms with Crippen molar-refractivity contribution in [2.45, 2.75) is 32.2 Å². The minimum Gasteiger partial charge on any atom is -0.467 e. The summed E-state index contributed by atoms with van der Waals surface area (Å²) in [6, 6.07) is 9.88. The van der Waals surface area contributed by atoms with Gasteiger partial charge in [-0.15, -0.1) is 11.3 Å². The number of furan rings is 1. The predicted octanol–water partition coefficient (Wildman–Crippen LogP) is 5.04. The van der Waals surface area contributed by atoms with Crippen molar-refractivity contribution in [3.63, 3.8) is 0 Å². The number of fused-ring (bicyclic) bond motifs is 1. The molecule has 1 N–H and O–H groups in total. The molecule has 0 saturated heterocycles. The molecular formula is C21H19FN2O2S. The standard InChI is InChI=1S/C21H19FN2O2S/c22-15-6-3-5-14(11-15)12-24-21-19(17-8-1-2-9-18(17)27-21)20(25)23-13-16-7-4-10-26-16/h3-7,10-12H,1-2,8-9,13H2,(H,23,25). The second-order valence-corrected chi connectivity index (χ2v) is 7.55. The third-order valence-corrected chi connectivity index (χ3v) is 5.76. The SMILES string of the molecule is O=C(NCc1ccco1)c1c(N=Cc2cccc(F)c2)sc2c1CCCC2. The van der Waals surface area contributed by atoms with Crippen LogP contribution in [0.3, 0.4) is 0 Å². The van der Waals surface area contributed by atoms with E-state index in [-0.39, 0.29) is 11.7 Å². The summed E-state index contributed by atoms with van der Waals surface area (Å²) in [5.41, 5.74) is 2.42. The molecule has 27 heavy (non-hydrogen) atoms. The third kappa shape index (κ3) is 4.01. The molecule has 3 aromatic rings. The highest BCUT2D eigenvalue weighted by molar-refractivity contribution is 7.16. The van der Waals surface area contributed by atoms with E-state index < -0.39 is 0 Å². The van der Waals surface area contributed by atoms with E-state index in [9.17, 15) is 9.18 Å². The average Bonchev–Trinajstić information content (AvgIpc) is 3.32. The molecule has 6 heteroatoms. The van der Waals surface area contributed by atoms with Crippen molar-refractivity contribution in [1.82, 2.24) is 5.32 Å². The van der Waals surface area contributed by atoms with Gasteiger partial charge in [-0.2, -0.15) is 0 Å². The molecule has 4 nitrogen and oxygen atoms in total. The summed E-state index contributed by atoms with van der Waals surface area (Å²) in [4.78, 5) is 18.6. The molecule has 0 aliphatic heterocycles. The van der Waals surface area contributed by atoms with Gasteiger partial charge in [0.25, 0.3) is 5.91 Å². The first-order chi connectivity index (χ1) is 13.2. The predicted molar refractivity (Wildman–Crippen MR) is 104 cm³/mol. The number of nitrogens with one attached hydrogen (secondary N) is 1. The Morgan fingerprint density at radius 2 is 2.15 bits per heavy atom. The number of carbonyl (C=O) groups excluding carboxylic acids is 1. The number of amides is 1. The van der Waals surface area contributed by atoms with Gasteiger partial charge in [-0.05, 0) is 61.1 Å². The Morgan fingerprint density at radius 3 is 2.96 bits per heavy atom. The summed E-state index contributed by atoms with van der Waals surface area (Å²) < 4.78 is 18.7. The van der Waals surface area contributed by atoms with Gasteiger partial charge in [0.2, 0.25) is 0 Å². The zero-order valence-electron chi connectivity index (χ0n) is 14.7. The number of nitrogens with zero attached hydrogens (tertiary/aromatic N) is 1. The van der Waals surface area contributed by atoms with E-state index in [0.29, 0.717) is 28.4 Å². The molecule has 1 aromatic carbocycles. The van der Waals surface area contributed by atoms with Crippen molar-refractivity contribution >= 4 is 28.5 Å². The summed E-state index contributed by atoms with van der Waals surface area (Å²) in [5.74, 6) is 0.260. The minimum atomic E-state index is -0.305. The summed E-state index contributed by atoms with van der Waals surface area (Å²) in [7, 11) is 0. The largest absolute Gasteiger partial charge is 0.467 e. The Morgan fingerprint density at radius 1 is 1.26 bits per heavy atom. The fourth-order valence-corrected chi connectivity index (χ4v) is 4.50. The molecular weight excluding hydrogens is 363 g/mol. The molecule has 0 saturated carbocycles. The van der Waals surface area contributed by atoms with E-state index in [1.165, 1.54) is 17.0 Å². The van der Waals surface area contributed by atoms with Crippen LogP contribution in [0.2, 0.25) is 0 Å².